The zero-order valence-electron chi connectivity index (χ0n) is 15.0. The zero-order valence-corrected chi connectivity index (χ0v) is 15.0. The van der Waals surface area contributed by atoms with E-state index in [0.717, 1.165) is 31.9 Å². The standard InChI is InChI=1S/C22H26O3/c1-4-22(25)10-8-18-16-6-5-15-11-19(24)14(13-23)12-20(15,2)17(16)7-9-21(18,22)3/h1,8,10-11,13,16-18,23,25H,5-7,9,12H2,2-3H3/b14-13-/t16-,17+,18+,20+,21+,22+/m1/s1. The average molecular weight is 338 g/mol. The van der Waals surface area contributed by atoms with Crippen LogP contribution in [0.1, 0.15) is 46.0 Å². The zero-order chi connectivity index (χ0) is 18.0. The van der Waals surface area contributed by atoms with Gasteiger partial charge in [0.1, 0.15) is 5.60 Å². The van der Waals surface area contributed by atoms with Crippen molar-refractivity contribution >= 4 is 5.78 Å². The lowest BCUT2D eigenvalue weighted by molar-refractivity contribution is -0.114. The summed E-state index contributed by atoms with van der Waals surface area (Å²) in [6.45, 7) is 4.38. The number of hydrogen-bond donors (Lipinski definition) is 2. The molecule has 2 fully saturated rings. The minimum Gasteiger partial charge on any atom is -0.515 e. The summed E-state index contributed by atoms with van der Waals surface area (Å²) in [4.78, 5) is 12.2. The molecule has 0 spiro atoms. The van der Waals surface area contributed by atoms with Gasteiger partial charge in [0.25, 0.3) is 0 Å². The highest BCUT2D eigenvalue weighted by molar-refractivity contribution is 6.05. The number of ketones is 1. The molecule has 0 saturated heterocycles. The van der Waals surface area contributed by atoms with Crippen molar-refractivity contribution in [2.45, 2.75) is 51.6 Å². The molecule has 0 amide bonds. The van der Waals surface area contributed by atoms with E-state index in [1.165, 1.54) is 5.57 Å². The monoisotopic (exact) mass is 338 g/mol. The van der Waals surface area contributed by atoms with Crippen molar-refractivity contribution < 1.29 is 15.0 Å². The van der Waals surface area contributed by atoms with Crippen LogP contribution in [-0.4, -0.2) is 21.6 Å². The van der Waals surface area contributed by atoms with E-state index in [4.69, 9.17) is 6.42 Å². The van der Waals surface area contributed by atoms with Crippen LogP contribution in [0.4, 0.5) is 0 Å². The Bertz CT molecular complexity index is 767. The molecule has 3 heteroatoms. The second kappa shape index (κ2) is 5.11. The summed E-state index contributed by atoms with van der Waals surface area (Å²) in [5.41, 5.74) is 0.209. The Morgan fingerprint density at radius 3 is 2.80 bits per heavy atom. The summed E-state index contributed by atoms with van der Waals surface area (Å²) in [6, 6.07) is 0. The third kappa shape index (κ3) is 1.95. The van der Waals surface area contributed by atoms with E-state index in [-0.39, 0.29) is 22.5 Å². The Labute approximate surface area is 149 Å². The molecule has 0 heterocycles. The van der Waals surface area contributed by atoms with Gasteiger partial charge in [-0.1, -0.05) is 31.4 Å². The normalized spacial score (nSPS) is 49.8. The number of fused-ring (bicyclic) bond motifs is 5. The summed E-state index contributed by atoms with van der Waals surface area (Å²) >= 11 is 0. The van der Waals surface area contributed by atoms with E-state index >= 15 is 0 Å². The fourth-order valence-electron chi connectivity index (χ4n) is 6.35. The highest BCUT2D eigenvalue weighted by Gasteiger charge is 2.61. The Hall–Kier alpha value is -1.79. The van der Waals surface area contributed by atoms with Crippen molar-refractivity contribution in [3.63, 3.8) is 0 Å². The number of carbonyl (C=O) groups is 1. The number of carbonyl (C=O) groups excluding carboxylic acids is 1. The largest absolute Gasteiger partial charge is 0.515 e. The minimum absolute atomic E-state index is 0.0449. The summed E-state index contributed by atoms with van der Waals surface area (Å²) in [5.74, 6) is 3.75. The first-order valence-corrected chi connectivity index (χ1v) is 9.27. The van der Waals surface area contributed by atoms with E-state index in [0.29, 0.717) is 23.8 Å². The minimum atomic E-state index is -1.15. The predicted molar refractivity (Wildman–Crippen MR) is 96.5 cm³/mol. The summed E-state index contributed by atoms with van der Waals surface area (Å²) in [7, 11) is 0. The summed E-state index contributed by atoms with van der Waals surface area (Å²) in [6.07, 6.45) is 16.8. The highest BCUT2D eigenvalue weighted by atomic mass is 16.3. The smallest absolute Gasteiger partial charge is 0.184 e. The van der Waals surface area contributed by atoms with Crippen LogP contribution in [0.5, 0.6) is 0 Å². The van der Waals surface area contributed by atoms with Crippen molar-refractivity contribution in [2.24, 2.45) is 28.6 Å². The van der Waals surface area contributed by atoms with Crippen LogP contribution in [0.15, 0.2) is 35.6 Å². The van der Waals surface area contributed by atoms with E-state index < -0.39 is 5.60 Å². The number of rotatable bonds is 0. The molecule has 0 aromatic rings. The SMILES string of the molecule is C#C[C@]1(O)C=C[C@H]2[C@@H]3CCC4=CC(=O)/C(=C\O)C[C@]4(C)[C@H]3CC[C@@]21C. The molecule has 4 rings (SSSR count). The van der Waals surface area contributed by atoms with Crippen molar-refractivity contribution in [3.8, 4) is 12.3 Å². The summed E-state index contributed by atoms with van der Waals surface area (Å²) in [5, 5.41) is 20.4. The first-order valence-electron chi connectivity index (χ1n) is 9.27. The number of aliphatic hydroxyl groups excluding tert-OH is 1. The van der Waals surface area contributed by atoms with E-state index in [1.54, 1.807) is 6.08 Å². The number of allylic oxidation sites excluding steroid dienone is 4. The van der Waals surface area contributed by atoms with Gasteiger partial charge in [-0.05, 0) is 67.4 Å². The second-order valence-corrected chi connectivity index (χ2v) is 8.84. The molecule has 3 nitrogen and oxygen atoms in total. The molecule has 0 aliphatic heterocycles. The molecule has 4 aliphatic rings. The van der Waals surface area contributed by atoms with Gasteiger partial charge in [-0.25, -0.2) is 0 Å². The fourth-order valence-corrected chi connectivity index (χ4v) is 6.35. The quantitative estimate of drug-likeness (QED) is 0.306. The molecule has 0 radical (unpaired) electrons. The average Bonchev–Trinajstić information content (AvgIpc) is 2.87. The highest BCUT2D eigenvalue weighted by Crippen LogP contribution is 2.65. The fraction of sp³-hybridized carbons (Fsp3) is 0.591. The molecule has 2 N–H and O–H groups in total. The molecule has 6 atom stereocenters. The topological polar surface area (TPSA) is 57.5 Å². The molecular formula is C22H26O3. The van der Waals surface area contributed by atoms with Gasteiger partial charge in [-0.15, -0.1) is 6.42 Å². The molecular weight excluding hydrogens is 312 g/mol. The Morgan fingerprint density at radius 1 is 1.36 bits per heavy atom. The van der Waals surface area contributed by atoms with Crippen molar-refractivity contribution in [1.82, 2.24) is 0 Å². The van der Waals surface area contributed by atoms with Crippen molar-refractivity contribution in [3.05, 3.63) is 35.6 Å². The maximum Gasteiger partial charge on any atom is 0.184 e. The van der Waals surface area contributed by atoms with Gasteiger partial charge >= 0.3 is 0 Å². The Kier molecular flexibility index (Phi) is 3.41. The van der Waals surface area contributed by atoms with Gasteiger partial charge in [-0.2, -0.15) is 0 Å². The third-order valence-electron chi connectivity index (χ3n) is 7.96. The lowest BCUT2D eigenvalue weighted by atomic mass is 9.46. The summed E-state index contributed by atoms with van der Waals surface area (Å²) < 4.78 is 0. The maximum atomic E-state index is 12.2. The van der Waals surface area contributed by atoms with Crippen LogP contribution in [0.2, 0.25) is 0 Å². The molecule has 0 unspecified atom stereocenters. The van der Waals surface area contributed by atoms with Crippen LogP contribution in [0, 0.1) is 40.9 Å². The van der Waals surface area contributed by atoms with Crippen LogP contribution in [0.3, 0.4) is 0 Å². The Balaban J connectivity index is 1.73. The maximum absolute atomic E-state index is 12.2. The molecule has 4 aliphatic carbocycles. The second-order valence-electron chi connectivity index (χ2n) is 8.84. The lowest BCUT2D eigenvalue weighted by Crippen LogP contribution is -2.55. The van der Waals surface area contributed by atoms with Crippen LogP contribution < -0.4 is 0 Å². The third-order valence-corrected chi connectivity index (χ3v) is 7.96. The molecule has 0 bridgehead atoms. The van der Waals surface area contributed by atoms with Crippen molar-refractivity contribution in [1.29, 1.82) is 0 Å². The molecule has 2 saturated carbocycles. The molecule has 25 heavy (non-hydrogen) atoms. The van der Waals surface area contributed by atoms with Gasteiger partial charge in [0, 0.05) is 11.0 Å². The Morgan fingerprint density at radius 2 is 2.12 bits per heavy atom. The lowest BCUT2D eigenvalue weighted by Gasteiger charge is -2.58. The van der Waals surface area contributed by atoms with E-state index in [2.05, 4.69) is 25.8 Å². The molecule has 0 aromatic carbocycles. The van der Waals surface area contributed by atoms with Crippen molar-refractivity contribution in [2.75, 3.05) is 0 Å². The predicted octanol–water partition coefficient (Wildman–Crippen LogP) is 3.71. The van der Waals surface area contributed by atoms with Crippen LogP contribution in [0.25, 0.3) is 0 Å². The van der Waals surface area contributed by atoms with Gasteiger partial charge in [0.05, 0.1) is 6.26 Å². The first-order chi connectivity index (χ1) is 11.8. The van der Waals surface area contributed by atoms with E-state index in [1.807, 2.05) is 6.08 Å². The molecule has 0 aromatic heterocycles. The molecule has 132 valence electrons. The van der Waals surface area contributed by atoms with Crippen LogP contribution >= 0.6 is 0 Å². The van der Waals surface area contributed by atoms with Gasteiger partial charge < -0.3 is 10.2 Å². The van der Waals surface area contributed by atoms with E-state index in [9.17, 15) is 15.0 Å². The number of terminal acetylenes is 1. The van der Waals surface area contributed by atoms with Gasteiger partial charge in [0.2, 0.25) is 0 Å². The van der Waals surface area contributed by atoms with Crippen LogP contribution in [-0.2, 0) is 4.79 Å². The van der Waals surface area contributed by atoms with Gasteiger partial charge in [0.15, 0.2) is 5.78 Å². The number of hydrogen-bond acceptors (Lipinski definition) is 3. The first kappa shape index (κ1) is 16.7. The number of aliphatic hydroxyl groups is 2. The van der Waals surface area contributed by atoms with Gasteiger partial charge in [-0.3, -0.25) is 4.79 Å².